The first kappa shape index (κ1) is 14.5. The van der Waals surface area contributed by atoms with Crippen LogP contribution in [-0.4, -0.2) is 10.9 Å². The average molecular weight is 404 g/mol. The van der Waals surface area contributed by atoms with E-state index in [1.165, 1.54) is 0 Å². The molecule has 0 unspecified atom stereocenters. The fourth-order valence-electron chi connectivity index (χ4n) is 1.46. The van der Waals surface area contributed by atoms with Gasteiger partial charge in [-0.25, -0.2) is 4.98 Å². The van der Waals surface area contributed by atoms with Crippen molar-refractivity contribution in [3.63, 3.8) is 0 Å². The molecule has 1 amide bonds. The van der Waals surface area contributed by atoms with E-state index in [-0.39, 0.29) is 11.1 Å². The van der Waals surface area contributed by atoms with Crippen molar-refractivity contribution in [2.75, 3.05) is 0 Å². The van der Waals surface area contributed by atoms with Gasteiger partial charge in [0.15, 0.2) is 0 Å². The van der Waals surface area contributed by atoms with Crippen molar-refractivity contribution in [3.05, 3.63) is 61.8 Å². The smallest absolute Gasteiger partial charge is 0.254 e. The van der Waals surface area contributed by atoms with Crippen LogP contribution in [0, 0.1) is 0 Å². The summed E-state index contributed by atoms with van der Waals surface area (Å²) >= 11 is 12.5. The van der Waals surface area contributed by atoms with E-state index >= 15 is 0 Å². The van der Waals surface area contributed by atoms with Gasteiger partial charge in [-0.3, -0.25) is 4.79 Å². The van der Waals surface area contributed by atoms with Gasteiger partial charge in [0, 0.05) is 21.7 Å². The molecular weight excluding hydrogens is 395 g/mol. The molecule has 0 aliphatic rings. The number of benzene rings is 1. The molecule has 3 nitrogen and oxygen atoms in total. The third kappa shape index (κ3) is 4.03. The van der Waals surface area contributed by atoms with Crippen molar-refractivity contribution in [2.45, 2.75) is 6.54 Å². The number of carbonyl (C=O) groups is 1. The summed E-state index contributed by atoms with van der Waals surface area (Å²) in [4.78, 5) is 15.9. The van der Waals surface area contributed by atoms with Gasteiger partial charge in [-0.15, -0.1) is 0 Å². The van der Waals surface area contributed by atoms with E-state index in [1.807, 2.05) is 24.3 Å². The molecule has 0 saturated carbocycles. The van der Waals surface area contributed by atoms with Gasteiger partial charge in [0.25, 0.3) is 5.91 Å². The summed E-state index contributed by atoms with van der Waals surface area (Å²) in [7, 11) is 0. The highest BCUT2D eigenvalue weighted by atomic mass is 79.9. The molecule has 0 fully saturated rings. The van der Waals surface area contributed by atoms with Crippen LogP contribution in [0.1, 0.15) is 15.9 Å². The van der Waals surface area contributed by atoms with Crippen molar-refractivity contribution >= 4 is 49.4 Å². The summed E-state index contributed by atoms with van der Waals surface area (Å²) in [5.41, 5.74) is 1.36. The van der Waals surface area contributed by atoms with Gasteiger partial charge in [0.2, 0.25) is 0 Å². The van der Waals surface area contributed by atoms with Gasteiger partial charge < -0.3 is 5.32 Å². The van der Waals surface area contributed by atoms with E-state index in [1.54, 1.807) is 12.3 Å². The second-order valence-electron chi connectivity index (χ2n) is 3.80. The average Bonchev–Trinajstić information content (AvgIpc) is 2.40. The molecule has 0 spiro atoms. The molecule has 2 rings (SSSR count). The number of nitrogens with zero attached hydrogens (tertiary/aromatic N) is 1. The quantitative estimate of drug-likeness (QED) is 0.780. The van der Waals surface area contributed by atoms with Gasteiger partial charge in [0.1, 0.15) is 5.15 Å². The van der Waals surface area contributed by atoms with Crippen LogP contribution in [0.3, 0.4) is 0 Å². The fraction of sp³-hybridized carbons (Fsp3) is 0.0769. The van der Waals surface area contributed by atoms with Crippen LogP contribution in [0.4, 0.5) is 0 Å². The molecule has 0 aliphatic carbocycles. The van der Waals surface area contributed by atoms with Crippen LogP contribution in [0.2, 0.25) is 5.15 Å². The second-order valence-corrected chi connectivity index (χ2v) is 5.99. The van der Waals surface area contributed by atoms with Crippen LogP contribution in [0.15, 0.2) is 45.5 Å². The van der Waals surface area contributed by atoms with E-state index < -0.39 is 0 Å². The van der Waals surface area contributed by atoms with Gasteiger partial charge >= 0.3 is 0 Å². The molecule has 2 aromatic rings. The van der Waals surface area contributed by atoms with Crippen LogP contribution in [0.25, 0.3) is 0 Å². The van der Waals surface area contributed by atoms with E-state index in [0.717, 1.165) is 10.0 Å². The largest absolute Gasteiger partial charge is 0.348 e. The number of nitrogens with one attached hydrogen (secondary N) is 1. The first-order valence-corrected chi connectivity index (χ1v) is 7.36. The maximum atomic E-state index is 12.0. The Kier molecular flexibility index (Phi) is 4.96. The van der Waals surface area contributed by atoms with E-state index in [2.05, 4.69) is 42.2 Å². The minimum Gasteiger partial charge on any atom is -0.348 e. The summed E-state index contributed by atoms with van der Waals surface area (Å²) < 4.78 is 1.72. The molecule has 1 N–H and O–H groups in total. The summed E-state index contributed by atoms with van der Waals surface area (Å²) in [6, 6.07) is 9.37. The SMILES string of the molecule is O=C(NCc1ccc(Br)cc1)c1cc(Br)cnc1Cl. The molecule has 0 bridgehead atoms. The monoisotopic (exact) mass is 402 g/mol. The lowest BCUT2D eigenvalue weighted by Gasteiger charge is -2.07. The number of amides is 1. The minimum atomic E-state index is -0.248. The minimum absolute atomic E-state index is 0.191. The Labute approximate surface area is 132 Å². The molecule has 1 aromatic carbocycles. The van der Waals surface area contributed by atoms with E-state index in [4.69, 9.17) is 11.6 Å². The van der Waals surface area contributed by atoms with E-state index in [9.17, 15) is 4.79 Å². The van der Waals surface area contributed by atoms with Gasteiger partial charge in [-0.1, -0.05) is 39.7 Å². The summed E-state index contributed by atoms with van der Waals surface area (Å²) in [5.74, 6) is -0.248. The van der Waals surface area contributed by atoms with Gasteiger partial charge in [-0.05, 0) is 39.7 Å². The highest BCUT2D eigenvalue weighted by Crippen LogP contribution is 2.18. The number of pyridine rings is 1. The summed E-state index contributed by atoms with van der Waals surface area (Å²) in [6.45, 7) is 0.439. The molecule has 0 aliphatic heterocycles. The lowest BCUT2D eigenvalue weighted by molar-refractivity contribution is 0.0950. The zero-order chi connectivity index (χ0) is 13.8. The second kappa shape index (κ2) is 6.50. The lowest BCUT2D eigenvalue weighted by Crippen LogP contribution is -2.23. The molecule has 98 valence electrons. The molecule has 0 saturated heterocycles. The molecule has 0 atom stereocenters. The lowest BCUT2D eigenvalue weighted by atomic mass is 10.2. The van der Waals surface area contributed by atoms with Gasteiger partial charge in [0.05, 0.1) is 5.56 Å². The summed E-state index contributed by atoms with van der Waals surface area (Å²) in [5, 5.41) is 2.99. The Balaban J connectivity index is 2.05. The highest BCUT2D eigenvalue weighted by molar-refractivity contribution is 9.10. The van der Waals surface area contributed by atoms with Crippen LogP contribution >= 0.6 is 43.5 Å². The molecule has 6 heteroatoms. The predicted octanol–water partition coefficient (Wildman–Crippen LogP) is 4.19. The van der Waals surface area contributed by atoms with Crippen molar-refractivity contribution in [3.8, 4) is 0 Å². The molecule has 0 radical (unpaired) electrons. The topological polar surface area (TPSA) is 42.0 Å². The van der Waals surface area contributed by atoms with Crippen LogP contribution in [-0.2, 0) is 6.54 Å². The first-order valence-electron chi connectivity index (χ1n) is 5.40. The fourth-order valence-corrected chi connectivity index (χ4v) is 2.25. The number of rotatable bonds is 3. The Bertz CT molecular complexity index is 602. The zero-order valence-corrected chi connectivity index (χ0v) is 13.6. The molecule has 1 aromatic heterocycles. The molecule has 1 heterocycles. The molecular formula is C13H9Br2ClN2O. The standard InChI is InChI=1S/C13H9Br2ClN2O/c14-9-3-1-8(2-4-9)6-18-13(19)11-5-10(15)7-17-12(11)16/h1-5,7H,6H2,(H,18,19). The number of hydrogen-bond donors (Lipinski definition) is 1. The Morgan fingerprint density at radius 1 is 1.21 bits per heavy atom. The highest BCUT2D eigenvalue weighted by Gasteiger charge is 2.11. The number of hydrogen-bond acceptors (Lipinski definition) is 2. The maximum absolute atomic E-state index is 12.0. The van der Waals surface area contributed by atoms with Crippen LogP contribution < -0.4 is 5.32 Å². The molecule has 19 heavy (non-hydrogen) atoms. The maximum Gasteiger partial charge on any atom is 0.254 e. The normalized spacial score (nSPS) is 10.3. The number of aromatic nitrogens is 1. The Hall–Kier alpha value is -0.910. The predicted molar refractivity (Wildman–Crippen MR) is 82.3 cm³/mol. The van der Waals surface area contributed by atoms with E-state index in [0.29, 0.717) is 16.6 Å². The zero-order valence-electron chi connectivity index (χ0n) is 9.66. The van der Waals surface area contributed by atoms with Crippen molar-refractivity contribution in [2.24, 2.45) is 0 Å². The number of halogens is 3. The van der Waals surface area contributed by atoms with Crippen LogP contribution in [0.5, 0.6) is 0 Å². The van der Waals surface area contributed by atoms with Gasteiger partial charge in [-0.2, -0.15) is 0 Å². The summed E-state index contributed by atoms with van der Waals surface area (Å²) in [6.07, 6.45) is 1.55. The Morgan fingerprint density at radius 2 is 1.89 bits per heavy atom. The first-order chi connectivity index (χ1) is 9.06. The third-order valence-corrected chi connectivity index (χ3v) is 3.68. The van der Waals surface area contributed by atoms with Crippen molar-refractivity contribution in [1.29, 1.82) is 0 Å². The van der Waals surface area contributed by atoms with Crippen molar-refractivity contribution in [1.82, 2.24) is 10.3 Å². The van der Waals surface area contributed by atoms with Crippen molar-refractivity contribution < 1.29 is 4.79 Å². The third-order valence-electron chi connectivity index (χ3n) is 2.42. The Morgan fingerprint density at radius 3 is 2.58 bits per heavy atom. The number of carbonyl (C=O) groups excluding carboxylic acids is 1.